The fourth-order valence-corrected chi connectivity index (χ4v) is 4.83. The smallest absolute Gasteiger partial charge is 0.475 e. The standard InChI is InChI=1S/C25H38FN3O3.C2HF3O2/c1-3-32-23-10-4-19(5-11-23)16-27-25(31)28(2)17-20-12-14-29(15-13-20)18-24(30)21-6-8-22(26)9-7-21;3-2(4,5)1(6)7/h6-9,19-20,23H,3-5,10-18H2,1-2H3,(H,27,31);(H,6,7)/t19-,23-;. The number of halogens is 4. The summed E-state index contributed by atoms with van der Waals surface area (Å²) in [6.07, 6.45) is 1.66. The summed E-state index contributed by atoms with van der Waals surface area (Å²) in [4.78, 5) is 37.8. The van der Waals surface area contributed by atoms with Gasteiger partial charge >= 0.3 is 18.2 Å². The van der Waals surface area contributed by atoms with Crippen molar-refractivity contribution in [1.82, 2.24) is 15.1 Å². The molecule has 1 aliphatic heterocycles. The van der Waals surface area contributed by atoms with Crippen LogP contribution in [0.1, 0.15) is 55.8 Å². The first kappa shape index (κ1) is 32.5. The number of ketones is 1. The summed E-state index contributed by atoms with van der Waals surface area (Å²) in [5.41, 5.74) is 0.552. The number of urea groups is 1. The van der Waals surface area contributed by atoms with Crippen molar-refractivity contribution in [1.29, 1.82) is 0 Å². The molecule has 220 valence electrons. The zero-order chi connectivity index (χ0) is 29.0. The van der Waals surface area contributed by atoms with Crippen molar-refractivity contribution in [3.63, 3.8) is 0 Å². The Hall–Kier alpha value is -2.73. The lowest BCUT2D eigenvalue weighted by atomic mass is 9.87. The first-order valence-electron chi connectivity index (χ1n) is 13.3. The molecular weight excluding hydrogens is 522 g/mol. The minimum absolute atomic E-state index is 0.00542. The molecule has 39 heavy (non-hydrogen) atoms. The van der Waals surface area contributed by atoms with Crippen LogP contribution < -0.4 is 5.32 Å². The highest BCUT2D eigenvalue weighted by Gasteiger charge is 2.38. The third-order valence-corrected chi connectivity index (χ3v) is 7.10. The third kappa shape index (κ3) is 11.9. The number of carbonyl (C=O) groups is 3. The van der Waals surface area contributed by atoms with E-state index in [2.05, 4.69) is 10.2 Å². The van der Waals surface area contributed by atoms with E-state index in [0.717, 1.165) is 71.3 Å². The number of likely N-dealkylation sites (tertiary alicyclic amines) is 1. The number of hydrogen-bond donors (Lipinski definition) is 2. The summed E-state index contributed by atoms with van der Waals surface area (Å²) in [5, 5.41) is 10.2. The number of ether oxygens (including phenoxy) is 1. The Morgan fingerprint density at radius 2 is 1.59 bits per heavy atom. The second kappa shape index (κ2) is 15.8. The van der Waals surface area contributed by atoms with Gasteiger partial charge in [-0.25, -0.2) is 14.0 Å². The number of nitrogens with zero attached hydrogens (tertiary/aromatic N) is 2. The molecule has 0 spiro atoms. The van der Waals surface area contributed by atoms with Gasteiger partial charge in [-0.2, -0.15) is 13.2 Å². The summed E-state index contributed by atoms with van der Waals surface area (Å²) in [6, 6.07) is 5.75. The van der Waals surface area contributed by atoms with Gasteiger partial charge in [-0.3, -0.25) is 9.69 Å². The summed E-state index contributed by atoms with van der Waals surface area (Å²) in [5.74, 6) is -2.07. The molecule has 1 heterocycles. The molecule has 0 bridgehead atoms. The second-order valence-electron chi connectivity index (χ2n) is 10.1. The predicted octanol–water partition coefficient (Wildman–Crippen LogP) is 4.59. The van der Waals surface area contributed by atoms with E-state index < -0.39 is 12.1 Å². The number of carboxylic acid groups (broad SMARTS) is 1. The van der Waals surface area contributed by atoms with Gasteiger partial charge in [-0.1, -0.05) is 0 Å². The number of benzene rings is 1. The quantitative estimate of drug-likeness (QED) is 0.338. The topological polar surface area (TPSA) is 99.2 Å². The SMILES string of the molecule is CCO[C@H]1CC[C@H](CNC(=O)N(C)CC2CCN(CC(=O)c3ccc(F)cc3)CC2)CC1.O=C(O)C(F)(F)F. The van der Waals surface area contributed by atoms with Crippen molar-refractivity contribution in [2.24, 2.45) is 11.8 Å². The zero-order valence-corrected chi connectivity index (χ0v) is 22.5. The van der Waals surface area contributed by atoms with Crippen molar-refractivity contribution in [2.75, 3.05) is 46.4 Å². The molecule has 2 aliphatic rings. The first-order chi connectivity index (χ1) is 18.4. The lowest BCUT2D eigenvalue weighted by Gasteiger charge is -2.34. The number of alkyl halides is 3. The van der Waals surface area contributed by atoms with Gasteiger partial charge in [-0.05, 0) is 94.6 Å². The van der Waals surface area contributed by atoms with E-state index in [9.17, 15) is 27.2 Å². The summed E-state index contributed by atoms with van der Waals surface area (Å²) >= 11 is 0. The summed E-state index contributed by atoms with van der Waals surface area (Å²) in [7, 11) is 1.87. The van der Waals surface area contributed by atoms with E-state index in [1.165, 1.54) is 12.1 Å². The van der Waals surface area contributed by atoms with Crippen LogP contribution in [0.4, 0.5) is 22.4 Å². The van der Waals surface area contributed by atoms with Gasteiger partial charge < -0.3 is 20.1 Å². The minimum atomic E-state index is -5.08. The number of piperidine rings is 1. The maximum atomic E-state index is 13.0. The maximum absolute atomic E-state index is 13.0. The molecule has 3 rings (SSSR count). The van der Waals surface area contributed by atoms with Crippen LogP contribution in [0, 0.1) is 17.7 Å². The number of amides is 2. The fraction of sp³-hybridized carbons (Fsp3) is 0.667. The van der Waals surface area contributed by atoms with Gasteiger partial charge in [0.25, 0.3) is 0 Å². The average molecular weight is 562 g/mol. The Morgan fingerprint density at radius 3 is 2.10 bits per heavy atom. The fourth-order valence-electron chi connectivity index (χ4n) is 4.83. The Balaban J connectivity index is 0.000000673. The Morgan fingerprint density at radius 1 is 1.03 bits per heavy atom. The van der Waals surface area contributed by atoms with E-state index in [1.54, 1.807) is 17.0 Å². The normalized spacial score (nSPS) is 20.5. The molecule has 12 heteroatoms. The number of rotatable bonds is 9. The lowest BCUT2D eigenvalue weighted by molar-refractivity contribution is -0.192. The van der Waals surface area contributed by atoms with Crippen LogP contribution in [0.2, 0.25) is 0 Å². The molecule has 1 saturated heterocycles. The van der Waals surface area contributed by atoms with E-state index in [4.69, 9.17) is 14.6 Å². The highest BCUT2D eigenvalue weighted by Crippen LogP contribution is 2.26. The Bertz CT molecular complexity index is 913. The lowest BCUT2D eigenvalue weighted by Crippen LogP contribution is -2.45. The molecule has 0 unspecified atom stereocenters. The average Bonchev–Trinajstić information content (AvgIpc) is 2.89. The molecule has 2 amide bonds. The molecule has 2 fully saturated rings. The van der Waals surface area contributed by atoms with Crippen LogP contribution in [0.25, 0.3) is 0 Å². The monoisotopic (exact) mass is 561 g/mol. The van der Waals surface area contributed by atoms with Gasteiger partial charge in [0.1, 0.15) is 5.82 Å². The maximum Gasteiger partial charge on any atom is 0.490 e. The Labute approximate surface area is 226 Å². The molecule has 0 aromatic heterocycles. The van der Waals surface area contributed by atoms with Crippen molar-refractivity contribution in [3.05, 3.63) is 35.6 Å². The van der Waals surface area contributed by atoms with Crippen molar-refractivity contribution < 1.29 is 41.8 Å². The van der Waals surface area contributed by atoms with Gasteiger partial charge in [-0.15, -0.1) is 0 Å². The van der Waals surface area contributed by atoms with Crippen LogP contribution in [0.3, 0.4) is 0 Å². The van der Waals surface area contributed by atoms with Crippen LogP contribution in [0.5, 0.6) is 0 Å². The Kier molecular flexibility index (Phi) is 13.1. The number of carbonyl (C=O) groups excluding carboxylic acids is 2. The summed E-state index contributed by atoms with van der Waals surface area (Å²) < 4.78 is 50.5. The van der Waals surface area contributed by atoms with E-state index in [1.807, 2.05) is 14.0 Å². The summed E-state index contributed by atoms with van der Waals surface area (Å²) in [6.45, 7) is 6.35. The van der Waals surface area contributed by atoms with Crippen LogP contribution >= 0.6 is 0 Å². The van der Waals surface area contributed by atoms with Crippen molar-refractivity contribution >= 4 is 17.8 Å². The molecule has 1 saturated carbocycles. The number of carboxylic acids is 1. The second-order valence-corrected chi connectivity index (χ2v) is 10.1. The number of nitrogens with one attached hydrogen (secondary N) is 1. The molecular formula is C27H39F4N3O5. The first-order valence-corrected chi connectivity index (χ1v) is 13.3. The minimum Gasteiger partial charge on any atom is -0.475 e. The van der Waals surface area contributed by atoms with Gasteiger partial charge in [0.05, 0.1) is 12.6 Å². The molecule has 2 N–H and O–H groups in total. The highest BCUT2D eigenvalue weighted by atomic mass is 19.4. The van der Waals surface area contributed by atoms with E-state index in [-0.39, 0.29) is 17.6 Å². The number of Topliss-reactive ketones (excluding diaryl/α,β-unsaturated/α-hetero) is 1. The molecule has 8 nitrogen and oxygen atoms in total. The van der Waals surface area contributed by atoms with E-state index in [0.29, 0.717) is 30.0 Å². The number of hydrogen-bond acceptors (Lipinski definition) is 5. The van der Waals surface area contributed by atoms with Crippen molar-refractivity contribution in [2.45, 2.75) is 57.7 Å². The van der Waals surface area contributed by atoms with Crippen LogP contribution in [-0.4, -0.2) is 91.3 Å². The van der Waals surface area contributed by atoms with Crippen LogP contribution in [0.15, 0.2) is 24.3 Å². The molecule has 1 aliphatic carbocycles. The van der Waals surface area contributed by atoms with Crippen molar-refractivity contribution in [3.8, 4) is 0 Å². The largest absolute Gasteiger partial charge is 0.490 e. The van der Waals surface area contributed by atoms with Gasteiger partial charge in [0.2, 0.25) is 0 Å². The number of aliphatic carboxylic acids is 1. The molecule has 1 aromatic carbocycles. The van der Waals surface area contributed by atoms with Gasteiger partial charge in [0.15, 0.2) is 5.78 Å². The van der Waals surface area contributed by atoms with Gasteiger partial charge in [0, 0.05) is 32.3 Å². The molecule has 1 aromatic rings. The predicted molar refractivity (Wildman–Crippen MR) is 137 cm³/mol. The molecule has 0 atom stereocenters. The van der Waals surface area contributed by atoms with E-state index >= 15 is 0 Å². The zero-order valence-electron chi connectivity index (χ0n) is 22.5. The van der Waals surface area contributed by atoms with Crippen LogP contribution in [-0.2, 0) is 9.53 Å². The highest BCUT2D eigenvalue weighted by molar-refractivity contribution is 5.97. The third-order valence-electron chi connectivity index (χ3n) is 7.10. The molecule has 0 radical (unpaired) electrons.